The number of amides is 1. The van der Waals surface area contributed by atoms with Crippen molar-refractivity contribution >= 4 is 22.9 Å². The van der Waals surface area contributed by atoms with E-state index in [9.17, 15) is 4.79 Å². The van der Waals surface area contributed by atoms with Gasteiger partial charge in [0.15, 0.2) is 5.69 Å². The van der Waals surface area contributed by atoms with Crippen molar-refractivity contribution in [1.82, 2.24) is 10.2 Å². The van der Waals surface area contributed by atoms with E-state index in [1.54, 1.807) is 23.5 Å². The molecule has 1 aromatic carbocycles. The van der Waals surface area contributed by atoms with Crippen LogP contribution in [0.15, 0.2) is 47.8 Å². The fourth-order valence-corrected chi connectivity index (χ4v) is 2.71. The molecule has 0 aliphatic heterocycles. The lowest BCUT2D eigenvalue weighted by molar-refractivity contribution is 0.102. The number of hydrogen-bond acceptors (Lipinski definition) is 4. The zero-order chi connectivity index (χ0) is 15.4. The van der Waals surface area contributed by atoms with Crippen LogP contribution in [-0.4, -0.2) is 22.7 Å². The normalized spacial score (nSPS) is 10.4. The number of hydrogen-bond donors (Lipinski definition) is 2. The number of carbonyl (C=O) groups is 1. The molecule has 3 rings (SSSR count). The van der Waals surface area contributed by atoms with Gasteiger partial charge in [0.1, 0.15) is 5.75 Å². The van der Waals surface area contributed by atoms with Crippen molar-refractivity contribution in [3.63, 3.8) is 0 Å². The second-order valence-corrected chi connectivity index (χ2v) is 5.51. The number of anilines is 1. The molecule has 0 fully saturated rings. The van der Waals surface area contributed by atoms with E-state index < -0.39 is 0 Å². The largest absolute Gasteiger partial charge is 0.494 e. The van der Waals surface area contributed by atoms with Crippen LogP contribution in [0.3, 0.4) is 0 Å². The quantitative estimate of drug-likeness (QED) is 0.753. The topological polar surface area (TPSA) is 67.0 Å². The molecule has 2 heterocycles. The summed E-state index contributed by atoms with van der Waals surface area (Å²) in [7, 11) is 0. The zero-order valence-corrected chi connectivity index (χ0v) is 12.8. The van der Waals surface area contributed by atoms with Crippen LogP contribution in [0.5, 0.6) is 5.75 Å². The first kappa shape index (κ1) is 14.3. The van der Waals surface area contributed by atoms with E-state index in [0.29, 0.717) is 18.0 Å². The molecule has 0 saturated heterocycles. The van der Waals surface area contributed by atoms with Crippen LogP contribution in [-0.2, 0) is 0 Å². The molecular weight excluding hydrogens is 298 g/mol. The third kappa shape index (κ3) is 3.17. The molecule has 0 radical (unpaired) electrons. The van der Waals surface area contributed by atoms with Crippen molar-refractivity contribution in [3.05, 3.63) is 53.5 Å². The minimum absolute atomic E-state index is 0.257. The highest BCUT2D eigenvalue weighted by Gasteiger charge is 2.12. The highest BCUT2D eigenvalue weighted by atomic mass is 32.1. The number of rotatable bonds is 5. The van der Waals surface area contributed by atoms with Crippen LogP contribution in [0, 0.1) is 0 Å². The summed E-state index contributed by atoms with van der Waals surface area (Å²) in [6.07, 6.45) is 0. The molecule has 0 aliphatic carbocycles. The molecule has 0 saturated carbocycles. The molecule has 0 bridgehead atoms. The summed E-state index contributed by atoms with van der Waals surface area (Å²) in [5.41, 5.74) is 1.87. The van der Waals surface area contributed by atoms with Crippen molar-refractivity contribution in [1.29, 1.82) is 0 Å². The van der Waals surface area contributed by atoms with Crippen LogP contribution in [0.2, 0.25) is 0 Å². The minimum Gasteiger partial charge on any atom is -0.494 e. The lowest BCUT2D eigenvalue weighted by Crippen LogP contribution is -2.12. The van der Waals surface area contributed by atoms with Gasteiger partial charge in [-0.15, -0.1) is 11.3 Å². The van der Waals surface area contributed by atoms with E-state index in [1.807, 2.05) is 42.6 Å². The molecule has 22 heavy (non-hydrogen) atoms. The van der Waals surface area contributed by atoms with Gasteiger partial charge in [-0.05, 0) is 36.6 Å². The van der Waals surface area contributed by atoms with Crippen molar-refractivity contribution in [3.8, 4) is 16.3 Å². The van der Waals surface area contributed by atoms with Gasteiger partial charge in [0.25, 0.3) is 5.91 Å². The molecule has 0 aliphatic rings. The smallest absolute Gasteiger partial charge is 0.276 e. The standard InChI is InChI=1S/C16H15N3O2S/c1-2-21-12-6-3-5-11(9-12)17-16(20)14-10-13(18-19-14)15-7-4-8-22-15/h3-10H,2H2,1H3,(H,17,20)(H,18,19). The molecule has 0 spiro atoms. The number of carbonyl (C=O) groups excluding carboxylic acids is 1. The van der Waals surface area contributed by atoms with Crippen LogP contribution in [0.4, 0.5) is 5.69 Å². The Hall–Kier alpha value is -2.60. The predicted molar refractivity (Wildman–Crippen MR) is 87.5 cm³/mol. The number of H-pyrrole nitrogens is 1. The van der Waals surface area contributed by atoms with E-state index in [0.717, 1.165) is 16.3 Å². The summed E-state index contributed by atoms with van der Waals surface area (Å²) in [5.74, 6) is 0.467. The van der Waals surface area contributed by atoms with Gasteiger partial charge in [0.05, 0.1) is 17.2 Å². The van der Waals surface area contributed by atoms with Gasteiger partial charge in [-0.25, -0.2) is 0 Å². The Kier molecular flexibility index (Phi) is 4.20. The first-order valence-electron chi connectivity index (χ1n) is 6.90. The van der Waals surface area contributed by atoms with Crippen molar-refractivity contribution in [2.75, 3.05) is 11.9 Å². The minimum atomic E-state index is -0.257. The second-order valence-electron chi connectivity index (χ2n) is 4.56. The average Bonchev–Trinajstić information content (AvgIpc) is 3.19. The second kappa shape index (κ2) is 6.44. The van der Waals surface area contributed by atoms with Crippen LogP contribution < -0.4 is 10.1 Å². The van der Waals surface area contributed by atoms with E-state index >= 15 is 0 Å². The van der Waals surface area contributed by atoms with Crippen LogP contribution in [0.1, 0.15) is 17.4 Å². The fraction of sp³-hybridized carbons (Fsp3) is 0.125. The first-order chi connectivity index (χ1) is 10.8. The van der Waals surface area contributed by atoms with Gasteiger partial charge < -0.3 is 10.1 Å². The lowest BCUT2D eigenvalue weighted by Gasteiger charge is -2.06. The monoisotopic (exact) mass is 313 g/mol. The molecule has 2 aromatic heterocycles. The SMILES string of the molecule is CCOc1cccc(NC(=O)c2cc(-c3cccs3)[nH]n2)c1. The number of nitrogens with zero attached hydrogens (tertiary/aromatic N) is 1. The van der Waals surface area contributed by atoms with Crippen molar-refractivity contribution in [2.45, 2.75) is 6.92 Å². The highest BCUT2D eigenvalue weighted by Crippen LogP contribution is 2.23. The molecule has 6 heteroatoms. The van der Waals surface area contributed by atoms with E-state index in [2.05, 4.69) is 15.5 Å². The van der Waals surface area contributed by atoms with Crippen LogP contribution in [0.25, 0.3) is 10.6 Å². The first-order valence-corrected chi connectivity index (χ1v) is 7.77. The maximum Gasteiger partial charge on any atom is 0.276 e. The zero-order valence-electron chi connectivity index (χ0n) is 12.0. The number of benzene rings is 1. The molecule has 2 N–H and O–H groups in total. The predicted octanol–water partition coefficient (Wildman–Crippen LogP) is 3.79. The lowest BCUT2D eigenvalue weighted by atomic mass is 10.2. The summed E-state index contributed by atoms with van der Waals surface area (Å²) in [6, 6.07) is 13.0. The summed E-state index contributed by atoms with van der Waals surface area (Å²) in [4.78, 5) is 13.3. The number of thiophene rings is 1. The molecule has 112 valence electrons. The molecule has 1 amide bonds. The maximum atomic E-state index is 12.2. The van der Waals surface area contributed by atoms with E-state index in [4.69, 9.17) is 4.74 Å². The van der Waals surface area contributed by atoms with Crippen molar-refractivity contribution < 1.29 is 9.53 Å². The third-order valence-corrected chi connectivity index (χ3v) is 3.90. The van der Waals surface area contributed by atoms with Gasteiger partial charge in [-0.3, -0.25) is 9.89 Å². The third-order valence-electron chi connectivity index (χ3n) is 3.00. The van der Waals surface area contributed by atoms with Gasteiger partial charge >= 0.3 is 0 Å². The van der Waals surface area contributed by atoms with Crippen molar-refractivity contribution in [2.24, 2.45) is 0 Å². The van der Waals surface area contributed by atoms with E-state index in [-0.39, 0.29) is 5.91 Å². The number of aromatic amines is 1. The Morgan fingerprint density at radius 3 is 3.00 bits per heavy atom. The Morgan fingerprint density at radius 1 is 1.32 bits per heavy atom. The Bertz CT molecular complexity index is 765. The Morgan fingerprint density at radius 2 is 2.23 bits per heavy atom. The average molecular weight is 313 g/mol. The molecule has 3 aromatic rings. The summed E-state index contributed by atoms with van der Waals surface area (Å²) < 4.78 is 5.42. The maximum absolute atomic E-state index is 12.2. The summed E-state index contributed by atoms with van der Waals surface area (Å²) in [5, 5.41) is 11.7. The number of aromatic nitrogens is 2. The summed E-state index contributed by atoms with van der Waals surface area (Å²) in [6.45, 7) is 2.50. The Labute approximate surface area is 132 Å². The number of ether oxygens (including phenoxy) is 1. The Balaban J connectivity index is 1.73. The highest BCUT2D eigenvalue weighted by molar-refractivity contribution is 7.13. The van der Waals surface area contributed by atoms with Gasteiger partial charge in [-0.2, -0.15) is 5.10 Å². The number of nitrogens with one attached hydrogen (secondary N) is 2. The van der Waals surface area contributed by atoms with E-state index in [1.165, 1.54) is 0 Å². The fourth-order valence-electron chi connectivity index (χ4n) is 2.02. The molecule has 0 unspecified atom stereocenters. The molecular formula is C16H15N3O2S. The van der Waals surface area contributed by atoms with Gasteiger partial charge in [-0.1, -0.05) is 12.1 Å². The van der Waals surface area contributed by atoms with Crippen LogP contribution >= 0.6 is 11.3 Å². The summed E-state index contributed by atoms with van der Waals surface area (Å²) >= 11 is 1.59. The van der Waals surface area contributed by atoms with Gasteiger partial charge in [0.2, 0.25) is 0 Å². The molecule has 0 atom stereocenters. The molecule has 5 nitrogen and oxygen atoms in total. The van der Waals surface area contributed by atoms with Gasteiger partial charge in [0, 0.05) is 11.8 Å².